The number of benzene rings is 3. The Balaban J connectivity index is 1.68. The highest BCUT2D eigenvalue weighted by Crippen LogP contribution is 2.35. The third-order valence-electron chi connectivity index (χ3n) is 4.80. The number of aliphatic carboxylic acids is 1. The van der Waals surface area contributed by atoms with Gasteiger partial charge < -0.3 is 15.2 Å². The number of nitrogens with zero attached hydrogens (tertiary/aromatic N) is 1. The predicted octanol–water partition coefficient (Wildman–Crippen LogP) is 5.38. The molecule has 0 bridgehead atoms. The summed E-state index contributed by atoms with van der Waals surface area (Å²) >= 11 is 0.995. The van der Waals surface area contributed by atoms with Crippen molar-refractivity contribution in [3.8, 4) is 16.9 Å². The van der Waals surface area contributed by atoms with Gasteiger partial charge in [-0.25, -0.2) is 4.79 Å². The number of carboxylic acid groups (broad SMARTS) is 1. The molecule has 0 heterocycles. The third kappa shape index (κ3) is 5.93. The van der Waals surface area contributed by atoms with Crippen LogP contribution in [0.4, 0.5) is 11.4 Å². The molecule has 0 aliphatic heterocycles. The summed E-state index contributed by atoms with van der Waals surface area (Å²) in [4.78, 5) is 10.5. The maximum Gasteiger partial charge on any atom is 0.331 e. The summed E-state index contributed by atoms with van der Waals surface area (Å²) in [7, 11) is 3.52. The molecule has 2 N–H and O–H groups in total. The number of carboxylic acids is 1. The molecule has 0 spiro atoms. The fourth-order valence-electron chi connectivity index (χ4n) is 3.24. The standard InChI is InChI=1S/C24H26N2O4S/c1-17-7-4-5-9-21(17)22-10-6-8-18(24(22)29-3)15-25-19-11-13-20(14-12-19)26(2)31-30-16-23(27)28/h4-14,25H,15-16H2,1-3H3,(H,27,28). The Labute approximate surface area is 187 Å². The van der Waals surface area contributed by atoms with E-state index in [-0.39, 0.29) is 6.61 Å². The molecule has 0 fully saturated rings. The maximum absolute atomic E-state index is 10.5. The number of methoxy groups -OCH3 is 1. The van der Waals surface area contributed by atoms with Crippen molar-refractivity contribution in [2.75, 3.05) is 30.4 Å². The second-order valence-corrected chi connectivity index (χ2v) is 7.87. The lowest BCUT2D eigenvalue weighted by Gasteiger charge is -2.18. The van der Waals surface area contributed by atoms with E-state index in [2.05, 4.69) is 36.5 Å². The Kier molecular flexibility index (Phi) is 7.81. The first kappa shape index (κ1) is 22.5. The number of ether oxygens (including phenoxy) is 1. The number of rotatable bonds is 10. The van der Waals surface area contributed by atoms with Gasteiger partial charge in [-0.2, -0.15) is 0 Å². The smallest absolute Gasteiger partial charge is 0.331 e. The number of para-hydroxylation sites is 1. The van der Waals surface area contributed by atoms with Crippen molar-refractivity contribution in [1.82, 2.24) is 0 Å². The summed E-state index contributed by atoms with van der Waals surface area (Å²) in [6.45, 7) is 2.37. The molecule has 0 radical (unpaired) electrons. The molecule has 3 aromatic carbocycles. The van der Waals surface area contributed by atoms with Crippen molar-refractivity contribution in [2.24, 2.45) is 0 Å². The monoisotopic (exact) mass is 438 g/mol. The van der Waals surface area contributed by atoms with E-state index in [1.54, 1.807) is 11.4 Å². The van der Waals surface area contributed by atoms with Gasteiger partial charge in [-0.1, -0.05) is 42.5 Å². The molecule has 3 aromatic rings. The number of aryl methyl sites for hydroxylation is 1. The number of nitrogens with one attached hydrogen (secondary N) is 1. The second kappa shape index (κ2) is 10.7. The van der Waals surface area contributed by atoms with Crippen molar-refractivity contribution in [1.29, 1.82) is 0 Å². The first-order chi connectivity index (χ1) is 15.0. The van der Waals surface area contributed by atoms with Crippen LogP contribution in [-0.2, 0) is 15.5 Å². The Morgan fingerprint density at radius 3 is 2.42 bits per heavy atom. The summed E-state index contributed by atoms with van der Waals surface area (Å²) in [6, 6.07) is 22.3. The van der Waals surface area contributed by atoms with E-state index in [0.29, 0.717) is 6.54 Å². The van der Waals surface area contributed by atoms with Crippen LogP contribution in [0.1, 0.15) is 11.1 Å². The molecular weight excluding hydrogens is 412 g/mol. The van der Waals surface area contributed by atoms with Crippen LogP contribution in [0.2, 0.25) is 0 Å². The van der Waals surface area contributed by atoms with Crippen molar-refractivity contribution < 1.29 is 18.8 Å². The molecule has 6 nitrogen and oxygen atoms in total. The molecule has 0 amide bonds. The van der Waals surface area contributed by atoms with E-state index in [0.717, 1.165) is 46.0 Å². The summed E-state index contributed by atoms with van der Waals surface area (Å²) in [5, 5.41) is 12.1. The number of anilines is 2. The largest absolute Gasteiger partial charge is 0.496 e. The number of hydrogen-bond donors (Lipinski definition) is 2. The van der Waals surface area contributed by atoms with Crippen molar-refractivity contribution >= 4 is 29.6 Å². The third-order valence-corrected chi connectivity index (χ3v) is 5.45. The SMILES string of the molecule is COc1c(CNc2ccc(N(C)SOCC(=O)O)cc2)cccc1-c1ccccc1C. The van der Waals surface area contributed by atoms with Crippen LogP contribution in [0.25, 0.3) is 11.1 Å². The second-order valence-electron chi connectivity index (χ2n) is 6.94. The van der Waals surface area contributed by atoms with Gasteiger partial charge in [0, 0.05) is 36.1 Å². The molecule has 0 aliphatic rings. The zero-order valence-electron chi connectivity index (χ0n) is 17.8. The Bertz CT molecular complexity index is 1020. The summed E-state index contributed by atoms with van der Waals surface area (Å²) in [5.74, 6) is -0.130. The van der Waals surface area contributed by atoms with Crippen molar-refractivity contribution in [3.05, 3.63) is 77.9 Å². The fraction of sp³-hybridized carbons (Fsp3) is 0.208. The van der Waals surface area contributed by atoms with Crippen LogP contribution >= 0.6 is 12.2 Å². The molecule has 0 atom stereocenters. The van der Waals surface area contributed by atoms with Crippen LogP contribution < -0.4 is 14.4 Å². The fourth-order valence-corrected chi connectivity index (χ4v) is 3.76. The van der Waals surface area contributed by atoms with Gasteiger partial charge in [-0.15, -0.1) is 0 Å². The zero-order valence-corrected chi connectivity index (χ0v) is 18.6. The highest BCUT2D eigenvalue weighted by atomic mass is 32.2. The van der Waals surface area contributed by atoms with Gasteiger partial charge in [0.1, 0.15) is 18.0 Å². The van der Waals surface area contributed by atoms with Gasteiger partial charge in [-0.3, -0.25) is 8.49 Å². The molecule has 0 unspecified atom stereocenters. The van der Waals surface area contributed by atoms with Crippen LogP contribution in [0.3, 0.4) is 0 Å². The highest BCUT2D eigenvalue weighted by Gasteiger charge is 2.12. The van der Waals surface area contributed by atoms with Crippen molar-refractivity contribution in [3.63, 3.8) is 0 Å². The topological polar surface area (TPSA) is 71.0 Å². The molecule has 7 heteroatoms. The lowest BCUT2D eigenvalue weighted by molar-refractivity contribution is -0.138. The van der Waals surface area contributed by atoms with Gasteiger partial charge in [-0.05, 0) is 42.3 Å². The highest BCUT2D eigenvalue weighted by molar-refractivity contribution is 7.96. The maximum atomic E-state index is 10.5. The molecular formula is C24H26N2O4S. The van der Waals surface area contributed by atoms with E-state index in [9.17, 15) is 4.79 Å². The van der Waals surface area contributed by atoms with Crippen LogP contribution in [-0.4, -0.2) is 31.8 Å². The van der Waals surface area contributed by atoms with Crippen molar-refractivity contribution in [2.45, 2.75) is 13.5 Å². The summed E-state index contributed by atoms with van der Waals surface area (Å²) in [5.41, 5.74) is 6.39. The molecule has 0 saturated heterocycles. The molecule has 3 rings (SSSR count). The van der Waals surface area contributed by atoms with Crippen LogP contribution in [0, 0.1) is 6.92 Å². The molecule has 0 aromatic heterocycles. The average molecular weight is 439 g/mol. The van der Waals surface area contributed by atoms with Gasteiger partial charge in [0.25, 0.3) is 0 Å². The first-order valence-corrected chi connectivity index (χ1v) is 10.5. The van der Waals surface area contributed by atoms with Gasteiger partial charge >= 0.3 is 5.97 Å². The van der Waals surface area contributed by atoms with Gasteiger partial charge in [0.2, 0.25) is 0 Å². The molecule has 0 saturated carbocycles. The Morgan fingerprint density at radius 2 is 1.74 bits per heavy atom. The quantitative estimate of drug-likeness (QED) is 0.325. The lowest BCUT2D eigenvalue weighted by atomic mass is 9.97. The summed E-state index contributed by atoms with van der Waals surface area (Å²) < 4.78 is 12.6. The Hall–Kier alpha value is -3.16. The van der Waals surface area contributed by atoms with Gasteiger partial charge in [0.05, 0.1) is 7.11 Å². The normalized spacial score (nSPS) is 10.5. The van der Waals surface area contributed by atoms with E-state index < -0.39 is 5.97 Å². The van der Waals surface area contributed by atoms with E-state index in [1.807, 2.05) is 49.5 Å². The van der Waals surface area contributed by atoms with E-state index in [1.165, 1.54) is 5.56 Å². The first-order valence-electron chi connectivity index (χ1n) is 9.80. The predicted molar refractivity (Wildman–Crippen MR) is 127 cm³/mol. The van der Waals surface area contributed by atoms with E-state index >= 15 is 0 Å². The minimum atomic E-state index is -0.998. The molecule has 31 heavy (non-hydrogen) atoms. The van der Waals surface area contributed by atoms with Gasteiger partial charge in [0.15, 0.2) is 6.61 Å². The average Bonchev–Trinajstić information content (AvgIpc) is 2.77. The Morgan fingerprint density at radius 1 is 1.03 bits per heavy atom. The number of carbonyl (C=O) groups is 1. The van der Waals surface area contributed by atoms with Crippen LogP contribution in [0.15, 0.2) is 66.7 Å². The van der Waals surface area contributed by atoms with E-state index in [4.69, 9.17) is 14.0 Å². The minimum Gasteiger partial charge on any atom is -0.496 e. The molecule has 162 valence electrons. The zero-order chi connectivity index (χ0) is 22.2. The summed E-state index contributed by atoms with van der Waals surface area (Å²) in [6.07, 6.45) is 0. The number of hydrogen-bond acceptors (Lipinski definition) is 6. The molecule has 0 aliphatic carbocycles. The lowest BCUT2D eigenvalue weighted by Crippen LogP contribution is -2.11. The van der Waals surface area contributed by atoms with Crippen LogP contribution in [0.5, 0.6) is 5.75 Å². The minimum absolute atomic E-state index is 0.349.